The van der Waals surface area contributed by atoms with Crippen LogP contribution >= 0.6 is 11.6 Å². The van der Waals surface area contributed by atoms with E-state index in [-0.39, 0.29) is 5.91 Å². The summed E-state index contributed by atoms with van der Waals surface area (Å²) in [5.41, 5.74) is 3.55. The second-order valence-corrected chi connectivity index (χ2v) is 5.40. The lowest BCUT2D eigenvalue weighted by molar-refractivity contribution is 0.102. The standard InChI is InChI=1S/C16H17ClN2O/c1-10(2)13-6-4-5-11(3)15(13)19-16(20)12-7-8-18-14(17)9-12/h4-10H,1-3H3,(H,19,20). The Hall–Kier alpha value is -1.87. The number of para-hydroxylation sites is 1. The van der Waals surface area contributed by atoms with E-state index >= 15 is 0 Å². The number of nitrogens with one attached hydrogen (secondary N) is 1. The van der Waals surface area contributed by atoms with Gasteiger partial charge < -0.3 is 5.32 Å². The summed E-state index contributed by atoms with van der Waals surface area (Å²) in [4.78, 5) is 16.2. The van der Waals surface area contributed by atoms with Gasteiger partial charge in [-0.1, -0.05) is 43.6 Å². The Kier molecular flexibility index (Phi) is 4.40. The number of rotatable bonds is 3. The van der Waals surface area contributed by atoms with E-state index in [1.807, 2.05) is 25.1 Å². The molecule has 0 saturated carbocycles. The predicted molar refractivity (Wildman–Crippen MR) is 82.5 cm³/mol. The maximum Gasteiger partial charge on any atom is 0.255 e. The third kappa shape index (κ3) is 3.17. The van der Waals surface area contributed by atoms with E-state index in [4.69, 9.17) is 11.6 Å². The van der Waals surface area contributed by atoms with Crippen molar-refractivity contribution >= 4 is 23.2 Å². The zero-order valence-electron chi connectivity index (χ0n) is 11.8. The van der Waals surface area contributed by atoms with Gasteiger partial charge in [0.1, 0.15) is 5.15 Å². The maximum absolute atomic E-state index is 12.3. The number of benzene rings is 1. The van der Waals surface area contributed by atoms with Crippen LogP contribution in [0.3, 0.4) is 0 Å². The summed E-state index contributed by atoms with van der Waals surface area (Å²) in [6.07, 6.45) is 1.53. The van der Waals surface area contributed by atoms with Crippen molar-refractivity contribution in [1.82, 2.24) is 4.98 Å². The van der Waals surface area contributed by atoms with Gasteiger partial charge in [0, 0.05) is 17.4 Å². The SMILES string of the molecule is Cc1cccc(C(C)C)c1NC(=O)c1ccnc(Cl)c1. The Morgan fingerprint density at radius 3 is 2.70 bits per heavy atom. The molecule has 1 aromatic heterocycles. The zero-order valence-corrected chi connectivity index (χ0v) is 12.5. The van der Waals surface area contributed by atoms with Crippen molar-refractivity contribution in [3.63, 3.8) is 0 Å². The van der Waals surface area contributed by atoms with Crippen LogP contribution in [0.15, 0.2) is 36.5 Å². The predicted octanol–water partition coefficient (Wildman–Crippen LogP) is 4.42. The number of amides is 1. The van der Waals surface area contributed by atoms with E-state index in [2.05, 4.69) is 24.1 Å². The molecule has 1 heterocycles. The molecular weight excluding hydrogens is 272 g/mol. The third-order valence-electron chi connectivity index (χ3n) is 3.15. The molecule has 0 fully saturated rings. The molecule has 104 valence electrons. The summed E-state index contributed by atoms with van der Waals surface area (Å²) < 4.78 is 0. The number of hydrogen-bond acceptors (Lipinski definition) is 2. The molecule has 4 heteroatoms. The van der Waals surface area contributed by atoms with Gasteiger partial charge in [0.25, 0.3) is 5.91 Å². The number of pyridine rings is 1. The molecule has 0 aliphatic carbocycles. The second kappa shape index (κ2) is 6.06. The molecule has 1 aromatic carbocycles. The summed E-state index contributed by atoms with van der Waals surface area (Å²) in [6, 6.07) is 9.23. The quantitative estimate of drug-likeness (QED) is 0.850. The van der Waals surface area contributed by atoms with Crippen LogP contribution in [0.1, 0.15) is 41.3 Å². The van der Waals surface area contributed by atoms with Crippen molar-refractivity contribution in [3.05, 3.63) is 58.4 Å². The minimum atomic E-state index is -0.175. The minimum Gasteiger partial charge on any atom is -0.321 e. The fraction of sp³-hybridized carbons (Fsp3) is 0.250. The normalized spacial score (nSPS) is 10.7. The van der Waals surface area contributed by atoms with Crippen LogP contribution in [0.4, 0.5) is 5.69 Å². The van der Waals surface area contributed by atoms with E-state index in [1.54, 1.807) is 12.1 Å². The van der Waals surface area contributed by atoms with Gasteiger partial charge in [0.2, 0.25) is 0 Å². The molecule has 20 heavy (non-hydrogen) atoms. The fourth-order valence-electron chi connectivity index (χ4n) is 2.07. The lowest BCUT2D eigenvalue weighted by Gasteiger charge is -2.16. The topological polar surface area (TPSA) is 42.0 Å². The Morgan fingerprint density at radius 1 is 1.30 bits per heavy atom. The lowest BCUT2D eigenvalue weighted by Crippen LogP contribution is -2.15. The molecule has 0 unspecified atom stereocenters. The van der Waals surface area contributed by atoms with Crippen molar-refractivity contribution < 1.29 is 4.79 Å². The maximum atomic E-state index is 12.3. The van der Waals surface area contributed by atoms with Crippen LogP contribution in [-0.4, -0.2) is 10.9 Å². The van der Waals surface area contributed by atoms with Crippen LogP contribution < -0.4 is 5.32 Å². The zero-order chi connectivity index (χ0) is 14.7. The molecule has 0 saturated heterocycles. The molecule has 0 aliphatic heterocycles. The monoisotopic (exact) mass is 288 g/mol. The number of carbonyl (C=O) groups is 1. The largest absolute Gasteiger partial charge is 0.321 e. The molecule has 2 rings (SSSR count). The van der Waals surface area contributed by atoms with Gasteiger partial charge in [-0.15, -0.1) is 0 Å². The molecule has 0 aliphatic rings. The van der Waals surface area contributed by atoms with Crippen LogP contribution in [-0.2, 0) is 0 Å². The Balaban J connectivity index is 2.33. The summed E-state index contributed by atoms with van der Waals surface area (Å²) in [7, 11) is 0. The molecule has 1 N–H and O–H groups in total. The fourth-order valence-corrected chi connectivity index (χ4v) is 2.25. The number of anilines is 1. The number of nitrogens with zero attached hydrogens (tertiary/aromatic N) is 1. The van der Waals surface area contributed by atoms with Crippen molar-refractivity contribution in [2.75, 3.05) is 5.32 Å². The van der Waals surface area contributed by atoms with Gasteiger partial charge in [0.05, 0.1) is 0 Å². The second-order valence-electron chi connectivity index (χ2n) is 5.02. The molecule has 0 radical (unpaired) electrons. The average Bonchev–Trinajstić information content (AvgIpc) is 2.40. The highest BCUT2D eigenvalue weighted by Gasteiger charge is 2.13. The third-order valence-corrected chi connectivity index (χ3v) is 3.36. The summed E-state index contributed by atoms with van der Waals surface area (Å²) >= 11 is 5.81. The van der Waals surface area contributed by atoms with Gasteiger partial charge >= 0.3 is 0 Å². The van der Waals surface area contributed by atoms with Crippen LogP contribution in [0, 0.1) is 6.92 Å². The van der Waals surface area contributed by atoms with E-state index < -0.39 is 0 Å². The first-order chi connectivity index (χ1) is 9.49. The average molecular weight is 289 g/mol. The molecule has 2 aromatic rings. The first-order valence-corrected chi connectivity index (χ1v) is 6.89. The van der Waals surface area contributed by atoms with Crippen molar-refractivity contribution in [2.24, 2.45) is 0 Å². The number of hydrogen-bond donors (Lipinski definition) is 1. The summed E-state index contributed by atoms with van der Waals surface area (Å²) in [5.74, 6) is 0.164. The number of halogens is 1. The van der Waals surface area contributed by atoms with E-state index in [1.165, 1.54) is 6.20 Å². The molecule has 3 nitrogen and oxygen atoms in total. The summed E-state index contributed by atoms with van der Waals surface area (Å²) in [6.45, 7) is 6.20. The number of aryl methyl sites for hydroxylation is 1. The highest BCUT2D eigenvalue weighted by atomic mass is 35.5. The molecule has 0 atom stereocenters. The van der Waals surface area contributed by atoms with Crippen LogP contribution in [0.2, 0.25) is 5.15 Å². The molecular formula is C16H17ClN2O. The van der Waals surface area contributed by atoms with Gasteiger partial charge in [0.15, 0.2) is 0 Å². The van der Waals surface area contributed by atoms with Gasteiger partial charge in [-0.2, -0.15) is 0 Å². The van der Waals surface area contributed by atoms with Gasteiger partial charge in [-0.25, -0.2) is 4.98 Å². The van der Waals surface area contributed by atoms with Crippen LogP contribution in [0.5, 0.6) is 0 Å². The van der Waals surface area contributed by atoms with E-state index in [0.29, 0.717) is 16.6 Å². The first kappa shape index (κ1) is 14.5. The molecule has 0 spiro atoms. The smallest absolute Gasteiger partial charge is 0.255 e. The van der Waals surface area contributed by atoms with Crippen molar-refractivity contribution in [3.8, 4) is 0 Å². The minimum absolute atomic E-state index is 0.175. The highest BCUT2D eigenvalue weighted by Crippen LogP contribution is 2.27. The van der Waals surface area contributed by atoms with Crippen molar-refractivity contribution in [1.29, 1.82) is 0 Å². The Labute approximate surface area is 124 Å². The first-order valence-electron chi connectivity index (χ1n) is 6.51. The summed E-state index contributed by atoms with van der Waals surface area (Å²) in [5, 5.41) is 3.29. The van der Waals surface area contributed by atoms with Gasteiger partial charge in [-0.05, 0) is 36.1 Å². The Bertz CT molecular complexity index is 638. The van der Waals surface area contributed by atoms with Crippen LogP contribution in [0.25, 0.3) is 0 Å². The molecule has 0 bridgehead atoms. The number of aromatic nitrogens is 1. The van der Waals surface area contributed by atoms with E-state index in [9.17, 15) is 4.79 Å². The van der Waals surface area contributed by atoms with Crippen molar-refractivity contribution in [2.45, 2.75) is 26.7 Å². The molecule has 1 amide bonds. The van der Waals surface area contributed by atoms with E-state index in [0.717, 1.165) is 16.8 Å². The van der Waals surface area contributed by atoms with Gasteiger partial charge in [-0.3, -0.25) is 4.79 Å². The lowest BCUT2D eigenvalue weighted by atomic mass is 9.98. The highest BCUT2D eigenvalue weighted by molar-refractivity contribution is 6.29. The Morgan fingerprint density at radius 2 is 2.05 bits per heavy atom. The number of carbonyl (C=O) groups excluding carboxylic acids is 1.